The molecule has 2 N–H and O–H groups in total. The summed E-state index contributed by atoms with van der Waals surface area (Å²) in [5.41, 5.74) is 0.629. The summed E-state index contributed by atoms with van der Waals surface area (Å²) in [6, 6.07) is 5.99. The van der Waals surface area contributed by atoms with Crippen LogP contribution in [0, 0.1) is 5.82 Å². The number of nitrogens with one attached hydrogen (secondary N) is 2. The number of benzene rings is 1. The van der Waals surface area contributed by atoms with Gasteiger partial charge in [0, 0.05) is 33.2 Å². The molecule has 0 spiro atoms. The van der Waals surface area contributed by atoms with Crippen molar-refractivity contribution in [2.45, 2.75) is 27.2 Å². The lowest BCUT2D eigenvalue weighted by molar-refractivity contribution is -0.131. The summed E-state index contributed by atoms with van der Waals surface area (Å²) in [6.07, 6.45) is 0.125. The van der Waals surface area contributed by atoms with E-state index in [0.717, 1.165) is 0 Å². The van der Waals surface area contributed by atoms with Crippen LogP contribution >= 0.6 is 0 Å². The Morgan fingerprint density at radius 2 is 1.86 bits per heavy atom. The zero-order valence-corrected chi connectivity index (χ0v) is 17.3. The number of amides is 2. The quantitative estimate of drug-likeness (QED) is 0.356. The minimum absolute atomic E-state index is 0.0431. The molecule has 8 heteroatoms. The van der Waals surface area contributed by atoms with Gasteiger partial charge in [-0.2, -0.15) is 0 Å². The van der Waals surface area contributed by atoms with Gasteiger partial charge >= 0.3 is 0 Å². The van der Waals surface area contributed by atoms with Gasteiger partial charge in [0.05, 0.1) is 19.5 Å². The molecule has 28 heavy (non-hydrogen) atoms. The van der Waals surface area contributed by atoms with Crippen molar-refractivity contribution in [1.29, 1.82) is 0 Å². The second kappa shape index (κ2) is 12.7. The molecule has 0 aliphatic carbocycles. The molecule has 2 amide bonds. The van der Waals surface area contributed by atoms with Crippen molar-refractivity contribution >= 4 is 17.8 Å². The summed E-state index contributed by atoms with van der Waals surface area (Å²) < 4.78 is 13.2. The monoisotopic (exact) mass is 393 g/mol. The van der Waals surface area contributed by atoms with Crippen LogP contribution in [-0.4, -0.2) is 73.9 Å². The molecule has 0 bridgehead atoms. The topological polar surface area (TPSA) is 77.0 Å². The van der Waals surface area contributed by atoms with Crippen LogP contribution < -0.4 is 10.6 Å². The average molecular weight is 394 g/mol. The summed E-state index contributed by atoms with van der Waals surface area (Å²) in [4.78, 5) is 32.2. The lowest BCUT2D eigenvalue weighted by Crippen LogP contribution is -2.46. The van der Waals surface area contributed by atoms with Crippen LogP contribution in [0.15, 0.2) is 29.3 Å². The maximum absolute atomic E-state index is 13.2. The number of rotatable bonds is 10. The number of hydrogen-bond donors (Lipinski definition) is 2. The molecule has 1 rings (SSSR count). The van der Waals surface area contributed by atoms with Crippen molar-refractivity contribution in [1.82, 2.24) is 20.4 Å². The zero-order valence-electron chi connectivity index (χ0n) is 17.3. The summed E-state index contributed by atoms with van der Waals surface area (Å²) in [5, 5.41) is 5.92. The standard InChI is InChI=1S/C20H32FN5O2/c1-5-22-20(25(4)15-19(28)26(6-2)7-3)24-12-11-23-18(27)14-16-9-8-10-17(21)13-16/h8-10,13H,5-7,11-12,14-15H2,1-4H3,(H,22,24)(H,23,27). The molecule has 0 heterocycles. The van der Waals surface area contributed by atoms with Crippen molar-refractivity contribution in [3.8, 4) is 0 Å². The molecule has 0 unspecified atom stereocenters. The summed E-state index contributed by atoms with van der Waals surface area (Å²) >= 11 is 0. The number of hydrogen-bond acceptors (Lipinski definition) is 3. The van der Waals surface area contributed by atoms with E-state index >= 15 is 0 Å². The Kier molecular flexibility index (Phi) is 10.6. The van der Waals surface area contributed by atoms with Crippen molar-refractivity contribution in [2.24, 2.45) is 4.99 Å². The predicted molar refractivity (Wildman–Crippen MR) is 110 cm³/mol. The summed E-state index contributed by atoms with van der Waals surface area (Å²) in [6.45, 7) is 8.86. The van der Waals surface area contributed by atoms with Gasteiger partial charge in [-0.25, -0.2) is 4.39 Å². The van der Waals surface area contributed by atoms with Crippen LogP contribution in [0.5, 0.6) is 0 Å². The van der Waals surface area contributed by atoms with E-state index in [2.05, 4.69) is 15.6 Å². The fourth-order valence-electron chi connectivity index (χ4n) is 2.68. The Labute approximate surface area is 167 Å². The van der Waals surface area contributed by atoms with Crippen molar-refractivity contribution in [2.75, 3.05) is 46.3 Å². The summed E-state index contributed by atoms with van der Waals surface area (Å²) in [5.74, 6) is 0.118. The third-order valence-electron chi connectivity index (χ3n) is 4.13. The first-order valence-corrected chi connectivity index (χ1v) is 9.69. The second-order valence-electron chi connectivity index (χ2n) is 6.31. The molecule has 0 aliphatic heterocycles. The minimum atomic E-state index is -0.354. The van der Waals surface area contributed by atoms with E-state index < -0.39 is 0 Å². The van der Waals surface area contributed by atoms with Gasteiger partial charge in [0.15, 0.2) is 5.96 Å². The Morgan fingerprint density at radius 1 is 1.14 bits per heavy atom. The van der Waals surface area contributed by atoms with Gasteiger partial charge in [0.1, 0.15) is 5.82 Å². The largest absolute Gasteiger partial charge is 0.357 e. The first kappa shape index (κ1) is 23.4. The van der Waals surface area contributed by atoms with Crippen LogP contribution in [0.3, 0.4) is 0 Å². The molecule has 0 aliphatic rings. The molecule has 0 saturated carbocycles. The third-order valence-corrected chi connectivity index (χ3v) is 4.13. The number of halogens is 1. The minimum Gasteiger partial charge on any atom is -0.357 e. The molecule has 156 valence electrons. The van der Waals surface area contributed by atoms with E-state index in [1.54, 1.807) is 21.9 Å². The number of carbonyl (C=O) groups excluding carboxylic acids is 2. The van der Waals surface area contributed by atoms with Crippen molar-refractivity contribution < 1.29 is 14.0 Å². The van der Waals surface area contributed by atoms with E-state index in [1.165, 1.54) is 12.1 Å². The highest BCUT2D eigenvalue weighted by Gasteiger charge is 2.14. The molecule has 0 fully saturated rings. The molecule has 1 aromatic rings. The Hall–Kier alpha value is -2.64. The number of nitrogens with zero attached hydrogens (tertiary/aromatic N) is 3. The number of carbonyl (C=O) groups is 2. The smallest absolute Gasteiger partial charge is 0.242 e. The zero-order chi connectivity index (χ0) is 20.9. The van der Waals surface area contributed by atoms with Gasteiger partial charge in [-0.3, -0.25) is 14.6 Å². The van der Waals surface area contributed by atoms with E-state index in [4.69, 9.17) is 0 Å². The second-order valence-corrected chi connectivity index (χ2v) is 6.31. The highest BCUT2D eigenvalue weighted by atomic mass is 19.1. The molecule has 0 atom stereocenters. The molecular weight excluding hydrogens is 361 g/mol. The van der Waals surface area contributed by atoms with Crippen LogP contribution in [0.1, 0.15) is 26.3 Å². The van der Waals surface area contributed by atoms with Gasteiger partial charge in [0.25, 0.3) is 0 Å². The van der Waals surface area contributed by atoms with Gasteiger partial charge in [0.2, 0.25) is 11.8 Å². The molecular formula is C20H32FN5O2. The van der Waals surface area contributed by atoms with E-state index in [-0.39, 0.29) is 30.6 Å². The summed E-state index contributed by atoms with van der Waals surface area (Å²) in [7, 11) is 1.81. The van der Waals surface area contributed by atoms with Gasteiger partial charge in [-0.05, 0) is 38.5 Å². The fourth-order valence-corrected chi connectivity index (χ4v) is 2.68. The number of likely N-dealkylation sites (N-methyl/N-ethyl adjacent to an activating group) is 2. The van der Waals surface area contributed by atoms with E-state index in [0.29, 0.717) is 44.2 Å². The average Bonchev–Trinajstić information content (AvgIpc) is 2.65. The van der Waals surface area contributed by atoms with Crippen molar-refractivity contribution in [3.05, 3.63) is 35.6 Å². The number of guanidine groups is 1. The Bertz CT molecular complexity index is 662. The number of aliphatic imine (C=N–C) groups is 1. The van der Waals surface area contributed by atoms with Crippen LogP contribution in [0.25, 0.3) is 0 Å². The van der Waals surface area contributed by atoms with Gasteiger partial charge in [-0.15, -0.1) is 0 Å². The van der Waals surface area contributed by atoms with E-state index in [1.807, 2.05) is 27.8 Å². The van der Waals surface area contributed by atoms with Crippen molar-refractivity contribution in [3.63, 3.8) is 0 Å². The molecule has 0 saturated heterocycles. The molecule has 1 aromatic carbocycles. The Balaban J connectivity index is 2.50. The van der Waals surface area contributed by atoms with Crippen LogP contribution in [0.2, 0.25) is 0 Å². The maximum Gasteiger partial charge on any atom is 0.242 e. The normalized spacial score (nSPS) is 11.1. The molecule has 0 radical (unpaired) electrons. The fraction of sp³-hybridized carbons (Fsp3) is 0.550. The van der Waals surface area contributed by atoms with Crippen LogP contribution in [0.4, 0.5) is 4.39 Å². The highest BCUT2D eigenvalue weighted by molar-refractivity contribution is 5.86. The van der Waals surface area contributed by atoms with Crippen LogP contribution in [-0.2, 0) is 16.0 Å². The first-order valence-electron chi connectivity index (χ1n) is 9.69. The maximum atomic E-state index is 13.2. The third kappa shape index (κ3) is 8.37. The predicted octanol–water partition coefficient (Wildman–Crippen LogP) is 1.25. The van der Waals surface area contributed by atoms with E-state index in [9.17, 15) is 14.0 Å². The lowest BCUT2D eigenvalue weighted by atomic mass is 10.1. The van der Waals surface area contributed by atoms with Gasteiger partial charge < -0.3 is 20.4 Å². The van der Waals surface area contributed by atoms with Gasteiger partial charge in [-0.1, -0.05) is 12.1 Å². The molecule has 0 aromatic heterocycles. The first-order chi connectivity index (χ1) is 13.4. The highest BCUT2D eigenvalue weighted by Crippen LogP contribution is 2.04. The molecule has 7 nitrogen and oxygen atoms in total. The Morgan fingerprint density at radius 3 is 2.46 bits per heavy atom. The lowest BCUT2D eigenvalue weighted by Gasteiger charge is -2.25. The SMILES string of the molecule is CCNC(=NCCNC(=O)Cc1cccc(F)c1)N(C)CC(=O)N(CC)CC.